The van der Waals surface area contributed by atoms with E-state index in [9.17, 15) is 4.79 Å². The molecule has 3 atom stereocenters. The fraction of sp³-hybridized carbons (Fsp3) is 0.923. The molecule has 0 saturated carbocycles. The molecule has 0 rings (SSSR count). The van der Waals surface area contributed by atoms with E-state index < -0.39 is 6.04 Å². The molecule has 3 N–H and O–H groups in total. The quantitative estimate of drug-likeness (QED) is 0.703. The highest BCUT2D eigenvalue weighted by Crippen LogP contribution is 2.08. The Morgan fingerprint density at radius 1 is 1.29 bits per heavy atom. The van der Waals surface area contributed by atoms with Gasteiger partial charge in [-0.2, -0.15) is 0 Å². The van der Waals surface area contributed by atoms with Crippen molar-refractivity contribution in [2.75, 3.05) is 20.6 Å². The van der Waals surface area contributed by atoms with Crippen LogP contribution in [0, 0.1) is 11.8 Å². The first-order chi connectivity index (χ1) is 7.81. The number of amides is 1. The van der Waals surface area contributed by atoms with Gasteiger partial charge in [-0.3, -0.25) is 4.79 Å². The minimum absolute atomic E-state index is 0.0353. The highest BCUT2D eigenvalue weighted by atomic mass is 16.2. The average Bonchev–Trinajstić information content (AvgIpc) is 2.25. The smallest absolute Gasteiger partial charge is 0.237 e. The van der Waals surface area contributed by atoms with Crippen LogP contribution in [0.4, 0.5) is 0 Å². The number of carbonyl (C=O) groups is 1. The third kappa shape index (κ3) is 5.50. The van der Waals surface area contributed by atoms with Gasteiger partial charge < -0.3 is 16.0 Å². The second-order valence-corrected chi connectivity index (χ2v) is 5.43. The summed E-state index contributed by atoms with van der Waals surface area (Å²) >= 11 is 0. The minimum Gasteiger partial charge on any atom is -0.353 e. The molecule has 0 fully saturated rings. The van der Waals surface area contributed by atoms with E-state index in [0.29, 0.717) is 18.5 Å². The fourth-order valence-electron chi connectivity index (χ4n) is 1.85. The first-order valence-corrected chi connectivity index (χ1v) is 6.50. The van der Waals surface area contributed by atoms with E-state index in [2.05, 4.69) is 31.0 Å². The van der Waals surface area contributed by atoms with Crippen molar-refractivity contribution in [2.24, 2.45) is 17.6 Å². The van der Waals surface area contributed by atoms with Gasteiger partial charge in [-0.1, -0.05) is 34.1 Å². The van der Waals surface area contributed by atoms with Crippen LogP contribution in [0.15, 0.2) is 0 Å². The van der Waals surface area contributed by atoms with E-state index in [1.54, 1.807) is 0 Å². The Morgan fingerprint density at radius 3 is 2.18 bits per heavy atom. The molecule has 0 radical (unpaired) electrons. The summed E-state index contributed by atoms with van der Waals surface area (Å²) in [7, 11) is 4.07. The number of nitrogens with one attached hydrogen (secondary N) is 1. The molecule has 0 heterocycles. The van der Waals surface area contributed by atoms with Gasteiger partial charge in [0, 0.05) is 12.6 Å². The maximum atomic E-state index is 11.8. The molecule has 4 nitrogen and oxygen atoms in total. The van der Waals surface area contributed by atoms with Gasteiger partial charge >= 0.3 is 0 Å². The molecular weight excluding hydrogens is 214 g/mol. The monoisotopic (exact) mass is 243 g/mol. The van der Waals surface area contributed by atoms with Gasteiger partial charge in [0.25, 0.3) is 0 Å². The number of likely N-dealkylation sites (N-methyl/N-ethyl adjacent to an activating group) is 1. The minimum atomic E-state index is -0.394. The summed E-state index contributed by atoms with van der Waals surface area (Å²) in [6.07, 6.45) is 0.926. The summed E-state index contributed by atoms with van der Waals surface area (Å²) in [5.74, 6) is 0.698. The summed E-state index contributed by atoms with van der Waals surface area (Å²) in [6.45, 7) is 9.04. The Kier molecular flexibility index (Phi) is 7.39. The van der Waals surface area contributed by atoms with Crippen LogP contribution >= 0.6 is 0 Å². The van der Waals surface area contributed by atoms with Crippen LogP contribution in [0.1, 0.15) is 34.1 Å². The predicted molar refractivity (Wildman–Crippen MR) is 72.8 cm³/mol. The lowest BCUT2D eigenvalue weighted by atomic mass is 9.98. The molecule has 0 aromatic rings. The molecule has 0 aliphatic rings. The Bertz CT molecular complexity index is 221. The molecule has 0 aliphatic heterocycles. The van der Waals surface area contributed by atoms with E-state index in [-0.39, 0.29) is 11.8 Å². The molecule has 17 heavy (non-hydrogen) atoms. The normalized spacial score (nSPS) is 17.0. The molecule has 1 amide bonds. The topological polar surface area (TPSA) is 58.4 Å². The van der Waals surface area contributed by atoms with Crippen molar-refractivity contribution in [2.45, 2.75) is 46.2 Å². The van der Waals surface area contributed by atoms with E-state index in [1.165, 1.54) is 0 Å². The zero-order chi connectivity index (χ0) is 13.6. The Labute approximate surface area is 106 Å². The van der Waals surface area contributed by atoms with Gasteiger partial charge in [-0.15, -0.1) is 0 Å². The third-order valence-corrected chi connectivity index (χ3v) is 3.48. The number of nitrogens with zero attached hydrogens (tertiary/aromatic N) is 1. The van der Waals surface area contributed by atoms with Crippen LogP contribution in [0.2, 0.25) is 0 Å². The molecular formula is C13H29N3O. The second-order valence-electron chi connectivity index (χ2n) is 5.43. The lowest BCUT2D eigenvalue weighted by Crippen LogP contribution is -2.49. The SMILES string of the molecule is CCC(C)C(N)C(=O)NCC(C(C)C)N(C)C. The summed E-state index contributed by atoms with van der Waals surface area (Å²) in [5, 5.41) is 2.95. The first kappa shape index (κ1) is 16.4. The van der Waals surface area contributed by atoms with E-state index in [0.717, 1.165) is 6.42 Å². The van der Waals surface area contributed by atoms with Crippen LogP contribution in [-0.2, 0) is 4.79 Å². The van der Waals surface area contributed by atoms with E-state index >= 15 is 0 Å². The molecule has 3 unspecified atom stereocenters. The molecule has 0 spiro atoms. The molecule has 0 aromatic carbocycles. The largest absolute Gasteiger partial charge is 0.353 e. The van der Waals surface area contributed by atoms with Crippen LogP contribution in [0.3, 0.4) is 0 Å². The van der Waals surface area contributed by atoms with Gasteiger partial charge in [0.2, 0.25) is 5.91 Å². The highest BCUT2D eigenvalue weighted by molar-refractivity contribution is 5.81. The van der Waals surface area contributed by atoms with Gasteiger partial charge in [-0.05, 0) is 25.9 Å². The number of hydrogen-bond donors (Lipinski definition) is 2. The number of hydrogen-bond acceptors (Lipinski definition) is 3. The number of carbonyl (C=O) groups excluding carboxylic acids is 1. The maximum absolute atomic E-state index is 11.8. The second kappa shape index (κ2) is 7.67. The summed E-state index contributed by atoms with van der Waals surface area (Å²) in [6, 6.07) is -0.0435. The van der Waals surface area contributed by atoms with Crippen LogP contribution in [0.5, 0.6) is 0 Å². The van der Waals surface area contributed by atoms with Gasteiger partial charge in [0.1, 0.15) is 0 Å². The van der Waals surface area contributed by atoms with Crippen molar-refractivity contribution in [1.29, 1.82) is 0 Å². The zero-order valence-corrected chi connectivity index (χ0v) is 12.2. The van der Waals surface area contributed by atoms with Crippen LogP contribution in [0.25, 0.3) is 0 Å². The third-order valence-electron chi connectivity index (χ3n) is 3.48. The van der Waals surface area contributed by atoms with Crippen molar-refractivity contribution in [3.63, 3.8) is 0 Å². The number of nitrogens with two attached hydrogens (primary N) is 1. The maximum Gasteiger partial charge on any atom is 0.237 e. The molecule has 0 bridgehead atoms. The molecule has 0 aliphatic carbocycles. The summed E-state index contributed by atoms with van der Waals surface area (Å²) in [5.41, 5.74) is 5.88. The Morgan fingerprint density at radius 2 is 1.82 bits per heavy atom. The lowest BCUT2D eigenvalue weighted by Gasteiger charge is -2.29. The fourth-order valence-corrected chi connectivity index (χ4v) is 1.85. The van der Waals surface area contributed by atoms with Crippen molar-refractivity contribution in [3.05, 3.63) is 0 Å². The van der Waals surface area contributed by atoms with Crippen LogP contribution < -0.4 is 11.1 Å². The van der Waals surface area contributed by atoms with Gasteiger partial charge in [0.15, 0.2) is 0 Å². The molecule has 4 heteroatoms. The Balaban J connectivity index is 4.22. The first-order valence-electron chi connectivity index (χ1n) is 6.50. The molecule has 0 saturated heterocycles. The Hall–Kier alpha value is -0.610. The van der Waals surface area contributed by atoms with Crippen molar-refractivity contribution in [1.82, 2.24) is 10.2 Å². The van der Waals surface area contributed by atoms with Crippen molar-refractivity contribution >= 4 is 5.91 Å². The predicted octanol–water partition coefficient (Wildman–Crippen LogP) is 1.06. The van der Waals surface area contributed by atoms with Crippen molar-refractivity contribution < 1.29 is 4.79 Å². The highest BCUT2D eigenvalue weighted by Gasteiger charge is 2.21. The average molecular weight is 243 g/mol. The lowest BCUT2D eigenvalue weighted by molar-refractivity contribution is -0.123. The van der Waals surface area contributed by atoms with Crippen molar-refractivity contribution in [3.8, 4) is 0 Å². The molecule has 102 valence electrons. The van der Waals surface area contributed by atoms with Gasteiger partial charge in [-0.25, -0.2) is 0 Å². The van der Waals surface area contributed by atoms with E-state index in [4.69, 9.17) is 5.73 Å². The summed E-state index contributed by atoms with van der Waals surface area (Å²) in [4.78, 5) is 14.0. The summed E-state index contributed by atoms with van der Waals surface area (Å²) < 4.78 is 0. The van der Waals surface area contributed by atoms with Gasteiger partial charge in [0.05, 0.1) is 6.04 Å². The number of rotatable bonds is 7. The zero-order valence-electron chi connectivity index (χ0n) is 12.2. The molecule has 0 aromatic heterocycles. The van der Waals surface area contributed by atoms with E-state index in [1.807, 2.05) is 21.0 Å². The van der Waals surface area contributed by atoms with Crippen LogP contribution in [-0.4, -0.2) is 43.5 Å². The standard InChI is InChI=1S/C13H29N3O/c1-7-10(4)12(14)13(17)15-8-11(9(2)3)16(5)6/h9-12H,7-8,14H2,1-6H3,(H,15,17).